The van der Waals surface area contributed by atoms with Crippen LogP contribution >= 0.6 is 11.8 Å². The van der Waals surface area contributed by atoms with Crippen LogP contribution in [0.2, 0.25) is 0 Å². The van der Waals surface area contributed by atoms with Gasteiger partial charge in [0, 0.05) is 28.4 Å². The number of rotatable bonds is 1. The Labute approximate surface area is 100 Å². The second kappa shape index (κ2) is 3.97. The van der Waals surface area contributed by atoms with E-state index in [0.717, 1.165) is 38.2 Å². The zero-order valence-corrected chi connectivity index (χ0v) is 10.3. The lowest BCUT2D eigenvalue weighted by Gasteiger charge is -2.32. The van der Waals surface area contributed by atoms with Crippen LogP contribution in [-0.4, -0.2) is 25.1 Å². The van der Waals surface area contributed by atoms with E-state index in [1.807, 2.05) is 11.8 Å². The van der Waals surface area contributed by atoms with Gasteiger partial charge in [0.05, 0.1) is 7.11 Å². The topological polar surface area (TPSA) is 18.5 Å². The number of methoxy groups -OCH3 is 1. The Morgan fingerprint density at radius 3 is 2.88 bits per heavy atom. The molecule has 0 atom stereocenters. The lowest BCUT2D eigenvalue weighted by molar-refractivity contribution is 0.0781. The molecule has 1 aromatic rings. The molecule has 0 radical (unpaired) electrons. The average Bonchev–Trinajstić information content (AvgIpc) is 2.67. The number of ether oxygens (including phenoxy) is 2. The third-order valence-electron chi connectivity index (χ3n) is 3.54. The maximum absolute atomic E-state index is 5.47. The molecular formula is C13H16O2S. The van der Waals surface area contributed by atoms with Crippen molar-refractivity contribution in [2.45, 2.75) is 28.9 Å². The Bertz CT molecular complexity index is 397. The van der Waals surface area contributed by atoms with Gasteiger partial charge in [-0.2, -0.15) is 0 Å². The minimum atomic E-state index is 0.384. The quantitative estimate of drug-likeness (QED) is 0.747. The normalized spacial score (nSPS) is 22.1. The van der Waals surface area contributed by atoms with Crippen LogP contribution in [0.4, 0.5) is 0 Å². The average molecular weight is 236 g/mol. The SMILES string of the molecule is COc1cccc2c1CC1(CCOCC1)S2. The van der Waals surface area contributed by atoms with Gasteiger partial charge in [-0.15, -0.1) is 11.8 Å². The smallest absolute Gasteiger partial charge is 0.123 e. The van der Waals surface area contributed by atoms with Crippen molar-refractivity contribution in [1.29, 1.82) is 0 Å². The van der Waals surface area contributed by atoms with Gasteiger partial charge in [-0.05, 0) is 31.4 Å². The Morgan fingerprint density at radius 2 is 2.12 bits per heavy atom. The van der Waals surface area contributed by atoms with E-state index in [9.17, 15) is 0 Å². The van der Waals surface area contributed by atoms with Crippen molar-refractivity contribution in [3.8, 4) is 5.75 Å². The Morgan fingerprint density at radius 1 is 1.31 bits per heavy atom. The lowest BCUT2D eigenvalue weighted by Crippen LogP contribution is -2.32. The summed E-state index contributed by atoms with van der Waals surface area (Å²) in [5, 5.41) is 0. The molecule has 0 unspecified atom stereocenters. The van der Waals surface area contributed by atoms with Crippen LogP contribution in [0.1, 0.15) is 18.4 Å². The van der Waals surface area contributed by atoms with Crippen LogP contribution in [0, 0.1) is 0 Å². The van der Waals surface area contributed by atoms with E-state index in [1.54, 1.807) is 7.11 Å². The molecule has 2 nitrogen and oxygen atoms in total. The molecular weight excluding hydrogens is 220 g/mol. The van der Waals surface area contributed by atoms with Gasteiger partial charge < -0.3 is 9.47 Å². The molecule has 3 heteroatoms. The Balaban J connectivity index is 1.93. The van der Waals surface area contributed by atoms with E-state index in [2.05, 4.69) is 18.2 Å². The van der Waals surface area contributed by atoms with Crippen molar-refractivity contribution in [1.82, 2.24) is 0 Å². The molecule has 0 saturated carbocycles. The van der Waals surface area contributed by atoms with Gasteiger partial charge in [0.1, 0.15) is 5.75 Å². The molecule has 2 heterocycles. The van der Waals surface area contributed by atoms with E-state index in [0.29, 0.717) is 4.75 Å². The van der Waals surface area contributed by atoms with E-state index in [4.69, 9.17) is 9.47 Å². The lowest BCUT2D eigenvalue weighted by atomic mass is 9.91. The Kier molecular flexibility index (Phi) is 2.60. The van der Waals surface area contributed by atoms with Crippen molar-refractivity contribution in [3.63, 3.8) is 0 Å². The summed E-state index contributed by atoms with van der Waals surface area (Å²) in [5.74, 6) is 1.05. The molecule has 86 valence electrons. The zero-order valence-electron chi connectivity index (χ0n) is 9.49. The van der Waals surface area contributed by atoms with Crippen molar-refractivity contribution >= 4 is 11.8 Å². The van der Waals surface area contributed by atoms with Crippen molar-refractivity contribution in [2.75, 3.05) is 20.3 Å². The summed E-state index contributed by atoms with van der Waals surface area (Å²) in [7, 11) is 1.76. The maximum Gasteiger partial charge on any atom is 0.123 e. The predicted octanol–water partition coefficient (Wildman–Crippen LogP) is 2.89. The van der Waals surface area contributed by atoms with Gasteiger partial charge >= 0.3 is 0 Å². The van der Waals surface area contributed by atoms with Gasteiger partial charge in [0.25, 0.3) is 0 Å². The molecule has 2 aliphatic rings. The first-order valence-electron chi connectivity index (χ1n) is 5.76. The number of hydrogen-bond donors (Lipinski definition) is 0. The van der Waals surface area contributed by atoms with Crippen LogP contribution < -0.4 is 4.74 Å². The third-order valence-corrected chi connectivity index (χ3v) is 5.13. The standard InChI is InChI=1S/C13H16O2S/c1-14-11-3-2-4-12-10(11)9-13(16-12)5-7-15-8-6-13/h2-4H,5-9H2,1H3. The maximum atomic E-state index is 5.47. The van der Waals surface area contributed by atoms with Gasteiger partial charge in [0.15, 0.2) is 0 Å². The second-order valence-corrected chi connectivity index (χ2v) is 6.02. The summed E-state index contributed by atoms with van der Waals surface area (Å²) in [6.45, 7) is 1.81. The highest BCUT2D eigenvalue weighted by Gasteiger charge is 2.40. The van der Waals surface area contributed by atoms with E-state index < -0.39 is 0 Å². The minimum absolute atomic E-state index is 0.384. The first kappa shape index (κ1) is 10.5. The van der Waals surface area contributed by atoms with Crippen LogP contribution in [-0.2, 0) is 11.2 Å². The molecule has 1 aromatic carbocycles. The first-order valence-corrected chi connectivity index (χ1v) is 6.57. The zero-order chi connectivity index (χ0) is 11.0. The number of hydrogen-bond acceptors (Lipinski definition) is 3. The molecule has 0 aliphatic carbocycles. The second-order valence-electron chi connectivity index (χ2n) is 4.51. The molecule has 0 bridgehead atoms. The summed E-state index contributed by atoms with van der Waals surface area (Å²) >= 11 is 2.03. The summed E-state index contributed by atoms with van der Waals surface area (Å²) in [5.41, 5.74) is 1.40. The molecule has 2 aliphatic heterocycles. The van der Waals surface area contributed by atoms with Gasteiger partial charge in [-0.25, -0.2) is 0 Å². The van der Waals surface area contributed by atoms with E-state index in [-0.39, 0.29) is 0 Å². The summed E-state index contributed by atoms with van der Waals surface area (Å²) < 4.78 is 11.3. The molecule has 1 spiro atoms. The van der Waals surface area contributed by atoms with Crippen molar-refractivity contribution in [3.05, 3.63) is 23.8 Å². The number of benzene rings is 1. The summed E-state index contributed by atoms with van der Waals surface area (Å²) in [6, 6.07) is 6.37. The fourth-order valence-corrected chi connectivity index (χ4v) is 4.12. The molecule has 0 amide bonds. The third kappa shape index (κ3) is 1.62. The van der Waals surface area contributed by atoms with Crippen LogP contribution in [0.3, 0.4) is 0 Å². The van der Waals surface area contributed by atoms with Crippen molar-refractivity contribution < 1.29 is 9.47 Å². The molecule has 3 rings (SSSR count). The molecule has 1 saturated heterocycles. The molecule has 0 N–H and O–H groups in total. The number of thioether (sulfide) groups is 1. The summed E-state index contributed by atoms with van der Waals surface area (Å²) in [4.78, 5) is 1.40. The largest absolute Gasteiger partial charge is 0.496 e. The van der Waals surface area contributed by atoms with E-state index >= 15 is 0 Å². The molecule has 0 aromatic heterocycles. The minimum Gasteiger partial charge on any atom is -0.496 e. The molecule has 16 heavy (non-hydrogen) atoms. The highest BCUT2D eigenvalue weighted by atomic mass is 32.2. The number of fused-ring (bicyclic) bond motifs is 1. The fraction of sp³-hybridized carbons (Fsp3) is 0.538. The first-order chi connectivity index (χ1) is 7.83. The van der Waals surface area contributed by atoms with Crippen LogP contribution in [0.5, 0.6) is 5.75 Å². The highest BCUT2D eigenvalue weighted by molar-refractivity contribution is 8.01. The monoisotopic (exact) mass is 236 g/mol. The highest BCUT2D eigenvalue weighted by Crippen LogP contribution is 2.52. The fourth-order valence-electron chi connectivity index (χ4n) is 2.62. The van der Waals surface area contributed by atoms with Crippen molar-refractivity contribution in [2.24, 2.45) is 0 Å². The van der Waals surface area contributed by atoms with Gasteiger partial charge in [-0.3, -0.25) is 0 Å². The molecule has 1 fully saturated rings. The Hall–Kier alpha value is -0.670. The van der Waals surface area contributed by atoms with Crippen LogP contribution in [0.25, 0.3) is 0 Å². The van der Waals surface area contributed by atoms with Gasteiger partial charge in [-0.1, -0.05) is 6.07 Å². The summed E-state index contributed by atoms with van der Waals surface area (Å²) in [6.07, 6.45) is 3.46. The van der Waals surface area contributed by atoms with Crippen LogP contribution in [0.15, 0.2) is 23.1 Å². The predicted molar refractivity (Wildman–Crippen MR) is 65.3 cm³/mol. The van der Waals surface area contributed by atoms with Gasteiger partial charge in [0.2, 0.25) is 0 Å². The van der Waals surface area contributed by atoms with E-state index in [1.165, 1.54) is 10.5 Å².